The van der Waals surface area contributed by atoms with E-state index in [0.29, 0.717) is 67.5 Å². The Morgan fingerprint density at radius 3 is 2.47 bits per heavy atom. The largest absolute Gasteiger partial charge is 0.493 e. The highest BCUT2D eigenvalue weighted by Gasteiger charge is 2.50. The Hall–Kier alpha value is -6.71. The zero-order valence-electron chi connectivity index (χ0n) is 37.0. The smallest absolute Gasteiger partial charge is 0.352 e. The van der Waals surface area contributed by atoms with Crippen LogP contribution in [-0.2, 0) is 40.9 Å². The molecule has 1 aliphatic carbocycles. The van der Waals surface area contributed by atoms with Gasteiger partial charge in [-0.05, 0) is 74.7 Å². The molecule has 2 aromatic heterocycles. The summed E-state index contributed by atoms with van der Waals surface area (Å²) in [6.45, 7) is 6.27. The number of carbonyl (C=O) groups excluding carboxylic acids is 4. The first kappa shape index (κ1) is 43.2. The first-order chi connectivity index (χ1) is 31.9. The summed E-state index contributed by atoms with van der Waals surface area (Å²) in [6.07, 6.45) is 2.24. The third-order valence-corrected chi connectivity index (χ3v) is 14.2. The zero-order chi connectivity index (χ0) is 46.0. The maximum atomic E-state index is 13.7. The van der Waals surface area contributed by atoms with Gasteiger partial charge in [0.05, 0.1) is 29.4 Å². The molecule has 5 heterocycles. The van der Waals surface area contributed by atoms with Crippen LogP contribution in [0.1, 0.15) is 69.0 Å². The third-order valence-electron chi connectivity index (χ3n) is 13.9. The van der Waals surface area contributed by atoms with Crippen LogP contribution in [0.2, 0.25) is 5.02 Å². The number of amides is 4. The molecule has 10 rings (SSSR count). The highest BCUT2D eigenvalue weighted by Crippen LogP contribution is 2.43. The van der Waals surface area contributed by atoms with Crippen molar-refractivity contribution in [3.05, 3.63) is 112 Å². The molecular weight excluding hydrogens is 862 g/mol. The topological polar surface area (TPSA) is 169 Å². The Morgan fingerprint density at radius 1 is 0.894 bits per heavy atom. The summed E-state index contributed by atoms with van der Waals surface area (Å²) in [6, 6.07) is 22.3. The standard InChI is InChI=1S/C50H50ClN7O8/c1-28-44(29(2)54(3)53-28)45-36(51)17-16-33-32(13-8-24-65-40-14-6-10-30-9-4-5-11-31(30)40)47(50(63)64)57(46(33)45)23-21-55-20-22-56(39-25-38(39)55)43(60)27-66-41-15-7-12-34-35(41)26-58(49(34)62)37-18-19-42(59)52-48(37)61/h4-7,9-12,14-17,37-39H,8,13,18-27H2,1-3H3,(H,63,64)(H,52,59,61). The fraction of sp³-hybridized carbons (Fsp3) is 0.360. The quantitative estimate of drug-likeness (QED) is 0.0935. The number of piperidine rings is 1. The van der Waals surface area contributed by atoms with Gasteiger partial charge in [-0.2, -0.15) is 5.10 Å². The number of hydrogen-bond acceptors (Lipinski definition) is 9. The van der Waals surface area contributed by atoms with Crippen LogP contribution in [0.4, 0.5) is 0 Å². The van der Waals surface area contributed by atoms with E-state index in [1.54, 1.807) is 18.2 Å². The number of aryl methyl sites for hydroxylation is 3. The van der Waals surface area contributed by atoms with Crippen molar-refractivity contribution in [1.29, 1.82) is 0 Å². The second-order valence-corrected chi connectivity index (χ2v) is 18.1. The molecule has 2 saturated heterocycles. The van der Waals surface area contributed by atoms with Gasteiger partial charge in [0.15, 0.2) is 6.61 Å². The van der Waals surface area contributed by atoms with Gasteiger partial charge >= 0.3 is 5.97 Å². The van der Waals surface area contributed by atoms with Crippen LogP contribution in [0.3, 0.4) is 0 Å². The van der Waals surface area contributed by atoms with Crippen molar-refractivity contribution < 1.29 is 38.6 Å². The van der Waals surface area contributed by atoms with E-state index in [-0.39, 0.29) is 61.5 Å². The van der Waals surface area contributed by atoms with E-state index in [1.807, 2.05) is 89.6 Å². The molecule has 66 heavy (non-hydrogen) atoms. The van der Waals surface area contributed by atoms with E-state index in [4.69, 9.17) is 26.2 Å². The lowest BCUT2D eigenvalue weighted by Crippen LogP contribution is -2.52. The summed E-state index contributed by atoms with van der Waals surface area (Å²) in [5.41, 5.74) is 6.10. The number of ether oxygens (including phenoxy) is 2. The normalized spacial score (nSPS) is 19.3. The number of aromatic nitrogens is 3. The number of nitrogens with one attached hydrogen (secondary N) is 1. The summed E-state index contributed by atoms with van der Waals surface area (Å²) in [5.74, 6) is -1.13. The molecule has 0 radical (unpaired) electrons. The summed E-state index contributed by atoms with van der Waals surface area (Å²) >= 11 is 7.10. The number of imide groups is 1. The van der Waals surface area contributed by atoms with E-state index in [0.717, 1.165) is 61.9 Å². The predicted octanol–water partition coefficient (Wildman–Crippen LogP) is 6.30. The van der Waals surface area contributed by atoms with E-state index < -0.39 is 17.9 Å². The molecule has 0 spiro atoms. The number of piperazine rings is 1. The Labute approximate surface area is 385 Å². The Morgan fingerprint density at radius 2 is 1.68 bits per heavy atom. The molecule has 3 aliphatic heterocycles. The number of benzene rings is 4. The van der Waals surface area contributed by atoms with Gasteiger partial charge in [0.25, 0.3) is 11.8 Å². The van der Waals surface area contributed by atoms with Crippen molar-refractivity contribution in [2.24, 2.45) is 7.05 Å². The van der Waals surface area contributed by atoms with Gasteiger partial charge < -0.3 is 28.9 Å². The van der Waals surface area contributed by atoms with Gasteiger partial charge in [0.1, 0.15) is 23.2 Å². The van der Waals surface area contributed by atoms with E-state index in [1.165, 1.54) is 4.90 Å². The van der Waals surface area contributed by atoms with Gasteiger partial charge in [0.2, 0.25) is 11.8 Å². The van der Waals surface area contributed by atoms with Gasteiger partial charge in [-0.15, -0.1) is 0 Å². The average Bonchev–Trinajstić information content (AvgIpc) is 3.88. The first-order valence-corrected chi connectivity index (χ1v) is 22.9. The van der Waals surface area contributed by atoms with Crippen LogP contribution in [0.25, 0.3) is 32.8 Å². The van der Waals surface area contributed by atoms with Gasteiger partial charge in [-0.25, -0.2) is 4.79 Å². The van der Waals surface area contributed by atoms with Crippen molar-refractivity contribution in [1.82, 2.24) is 34.4 Å². The Bertz CT molecular complexity index is 2990. The summed E-state index contributed by atoms with van der Waals surface area (Å²) in [5, 5.41) is 21.5. The minimum atomic E-state index is -1.02. The molecule has 3 atom stereocenters. The molecule has 2 N–H and O–H groups in total. The lowest BCUT2D eigenvalue weighted by atomic mass is 9.98. The Kier molecular flexibility index (Phi) is 11.3. The second kappa shape index (κ2) is 17.3. The minimum Gasteiger partial charge on any atom is -0.493 e. The number of carbonyl (C=O) groups is 5. The average molecular weight is 912 g/mol. The molecule has 4 amide bonds. The highest BCUT2D eigenvalue weighted by molar-refractivity contribution is 6.35. The summed E-state index contributed by atoms with van der Waals surface area (Å²) < 4.78 is 16.1. The molecule has 15 nitrogen and oxygen atoms in total. The number of rotatable bonds is 14. The first-order valence-electron chi connectivity index (χ1n) is 22.5. The number of halogens is 1. The number of nitrogens with zero attached hydrogens (tertiary/aromatic N) is 6. The van der Waals surface area contributed by atoms with E-state index in [2.05, 4.69) is 10.2 Å². The molecule has 16 heteroatoms. The maximum Gasteiger partial charge on any atom is 0.352 e. The lowest BCUT2D eigenvalue weighted by Gasteiger charge is -2.34. The maximum absolute atomic E-state index is 13.7. The van der Waals surface area contributed by atoms with E-state index in [9.17, 15) is 29.1 Å². The number of fused-ring (bicyclic) bond motifs is 4. The van der Waals surface area contributed by atoms with Crippen molar-refractivity contribution in [3.8, 4) is 22.6 Å². The fourth-order valence-electron chi connectivity index (χ4n) is 10.5. The van der Waals surface area contributed by atoms with Crippen LogP contribution in [0, 0.1) is 13.8 Å². The Balaban J connectivity index is 0.853. The molecule has 3 fully saturated rings. The highest BCUT2D eigenvalue weighted by atomic mass is 35.5. The number of aromatic carboxylic acids is 1. The summed E-state index contributed by atoms with van der Waals surface area (Å²) in [7, 11) is 1.89. The van der Waals surface area contributed by atoms with Crippen molar-refractivity contribution in [3.63, 3.8) is 0 Å². The number of hydrogen-bond donors (Lipinski definition) is 2. The van der Waals surface area contributed by atoms with E-state index >= 15 is 0 Å². The van der Waals surface area contributed by atoms with Crippen LogP contribution in [-0.4, -0.2) is 115 Å². The SMILES string of the molecule is Cc1nn(C)c(C)c1-c1c(Cl)ccc2c(CCCOc3cccc4ccccc34)c(C(=O)O)n(CCN3CCN(C(=O)COc4cccc5c4CN(C4CCC(=O)NC4=O)C5=O)C4CC43)c12. The van der Waals surface area contributed by atoms with Gasteiger partial charge in [-0.1, -0.05) is 60.1 Å². The molecule has 6 aromatic rings. The van der Waals surface area contributed by atoms with Crippen molar-refractivity contribution in [2.45, 2.75) is 77.2 Å². The molecule has 0 bridgehead atoms. The second-order valence-electron chi connectivity index (χ2n) is 17.7. The van der Waals surface area contributed by atoms with Crippen molar-refractivity contribution >= 4 is 62.9 Å². The van der Waals surface area contributed by atoms with Crippen LogP contribution in [0.5, 0.6) is 11.5 Å². The van der Waals surface area contributed by atoms with Crippen LogP contribution in [0.15, 0.2) is 72.8 Å². The van der Waals surface area contributed by atoms with Crippen LogP contribution < -0.4 is 14.8 Å². The molecular formula is C50H50ClN7O8. The minimum absolute atomic E-state index is 0.00993. The molecule has 1 saturated carbocycles. The number of carboxylic acids is 1. The molecule has 4 aliphatic rings. The monoisotopic (exact) mass is 911 g/mol. The van der Waals surface area contributed by atoms with Crippen molar-refractivity contribution in [2.75, 3.05) is 32.8 Å². The number of carboxylic acid groups (broad SMARTS) is 1. The summed E-state index contributed by atoms with van der Waals surface area (Å²) in [4.78, 5) is 70.5. The van der Waals surface area contributed by atoms with Gasteiger partial charge in [-0.3, -0.25) is 34.1 Å². The van der Waals surface area contributed by atoms with Crippen LogP contribution >= 0.6 is 11.6 Å². The third kappa shape index (κ3) is 7.63. The lowest BCUT2D eigenvalue weighted by molar-refractivity contribution is -0.137. The molecule has 3 unspecified atom stereocenters. The fourth-order valence-corrected chi connectivity index (χ4v) is 10.8. The van der Waals surface area contributed by atoms with Gasteiger partial charge in [0, 0.05) is 90.5 Å². The zero-order valence-corrected chi connectivity index (χ0v) is 37.8. The predicted molar refractivity (Wildman–Crippen MR) is 247 cm³/mol. The molecule has 4 aromatic carbocycles. The molecule has 340 valence electrons.